The molecule has 0 aromatic heterocycles. The van der Waals surface area contributed by atoms with Crippen LogP contribution in [0.3, 0.4) is 0 Å². The lowest BCUT2D eigenvalue weighted by Crippen LogP contribution is -1.94. The van der Waals surface area contributed by atoms with Gasteiger partial charge in [-0.3, -0.25) is 0 Å². The highest BCUT2D eigenvalue weighted by molar-refractivity contribution is 5.52. The van der Waals surface area contributed by atoms with Crippen molar-refractivity contribution in [3.8, 4) is 5.75 Å². The third-order valence-corrected chi connectivity index (χ3v) is 1.84. The molecule has 0 amide bonds. The van der Waals surface area contributed by atoms with E-state index in [4.69, 9.17) is 5.53 Å². The van der Waals surface area contributed by atoms with E-state index >= 15 is 0 Å². The molecule has 0 bridgehead atoms. The molecule has 0 N–H and O–H groups in total. The Morgan fingerprint density at radius 3 is 2.81 bits per heavy atom. The Hall–Kier alpha value is -2.07. The Labute approximate surface area is 90.8 Å². The first-order valence-electron chi connectivity index (χ1n) is 4.40. The first kappa shape index (κ1) is 12.0. The van der Waals surface area contributed by atoms with Gasteiger partial charge in [-0.05, 0) is 17.7 Å². The summed E-state index contributed by atoms with van der Waals surface area (Å²) < 4.78 is 31.2. The smallest absolute Gasteiger partial charge is 0.201 e. The SMILES string of the molecule is COc1ccc(C=CCN=[N+]=[N-])c(F)c1F. The monoisotopic (exact) mass is 225 g/mol. The number of halogens is 2. The van der Waals surface area contributed by atoms with E-state index in [1.54, 1.807) is 0 Å². The zero-order valence-electron chi connectivity index (χ0n) is 8.52. The largest absolute Gasteiger partial charge is 0.494 e. The Morgan fingerprint density at radius 1 is 1.44 bits per heavy atom. The number of benzene rings is 1. The summed E-state index contributed by atoms with van der Waals surface area (Å²) in [5, 5.41) is 3.23. The maximum atomic E-state index is 13.3. The summed E-state index contributed by atoms with van der Waals surface area (Å²) in [4.78, 5) is 2.52. The van der Waals surface area contributed by atoms with Crippen molar-refractivity contribution in [3.63, 3.8) is 0 Å². The van der Waals surface area contributed by atoms with Gasteiger partial charge in [0.25, 0.3) is 0 Å². The van der Waals surface area contributed by atoms with Crippen molar-refractivity contribution in [2.45, 2.75) is 0 Å². The fraction of sp³-hybridized carbons (Fsp3) is 0.200. The number of hydrogen-bond acceptors (Lipinski definition) is 2. The minimum absolute atomic E-state index is 0.0754. The van der Waals surface area contributed by atoms with E-state index in [9.17, 15) is 8.78 Å². The maximum absolute atomic E-state index is 13.3. The summed E-state index contributed by atoms with van der Waals surface area (Å²) >= 11 is 0. The molecule has 84 valence electrons. The molecular formula is C10H9F2N3O. The average molecular weight is 225 g/mol. The van der Waals surface area contributed by atoms with E-state index in [2.05, 4.69) is 14.8 Å². The molecule has 0 aliphatic rings. The molecule has 0 spiro atoms. The van der Waals surface area contributed by atoms with Crippen LogP contribution >= 0.6 is 0 Å². The molecular weight excluding hydrogens is 216 g/mol. The lowest BCUT2D eigenvalue weighted by atomic mass is 10.2. The predicted molar refractivity (Wildman–Crippen MR) is 56.0 cm³/mol. The Kier molecular flexibility index (Phi) is 4.29. The summed E-state index contributed by atoms with van der Waals surface area (Å²) in [7, 11) is 1.26. The average Bonchev–Trinajstić information content (AvgIpc) is 2.30. The first-order chi connectivity index (χ1) is 7.70. The lowest BCUT2D eigenvalue weighted by Gasteiger charge is -2.04. The van der Waals surface area contributed by atoms with Crippen molar-refractivity contribution in [1.82, 2.24) is 0 Å². The molecule has 0 aliphatic carbocycles. The topological polar surface area (TPSA) is 58.0 Å². The van der Waals surface area contributed by atoms with Crippen LogP contribution in [0.5, 0.6) is 5.75 Å². The van der Waals surface area contributed by atoms with Gasteiger partial charge >= 0.3 is 0 Å². The lowest BCUT2D eigenvalue weighted by molar-refractivity contribution is 0.371. The van der Waals surface area contributed by atoms with E-state index in [0.717, 1.165) is 0 Å². The zero-order valence-corrected chi connectivity index (χ0v) is 8.52. The van der Waals surface area contributed by atoms with Crippen LogP contribution < -0.4 is 4.74 Å². The Bertz CT molecular complexity index is 454. The van der Waals surface area contributed by atoms with Crippen LogP contribution in [0.2, 0.25) is 0 Å². The van der Waals surface area contributed by atoms with Crippen molar-refractivity contribution in [2.24, 2.45) is 5.11 Å². The molecule has 16 heavy (non-hydrogen) atoms. The normalized spacial score (nSPS) is 10.2. The summed E-state index contributed by atoms with van der Waals surface area (Å²) in [5.74, 6) is -2.17. The van der Waals surface area contributed by atoms with Gasteiger partial charge in [-0.1, -0.05) is 17.3 Å². The molecule has 0 radical (unpaired) electrons. The highest BCUT2D eigenvalue weighted by Crippen LogP contribution is 2.22. The Morgan fingerprint density at radius 2 is 2.19 bits per heavy atom. The van der Waals surface area contributed by atoms with E-state index in [-0.39, 0.29) is 17.9 Å². The van der Waals surface area contributed by atoms with Gasteiger partial charge in [0.1, 0.15) is 0 Å². The predicted octanol–water partition coefficient (Wildman–Crippen LogP) is 3.30. The van der Waals surface area contributed by atoms with Gasteiger partial charge in [-0.2, -0.15) is 4.39 Å². The van der Waals surface area contributed by atoms with Crippen LogP contribution in [0.15, 0.2) is 23.3 Å². The number of methoxy groups -OCH3 is 1. The molecule has 0 aliphatic heterocycles. The first-order valence-corrected chi connectivity index (χ1v) is 4.40. The van der Waals surface area contributed by atoms with Crippen molar-refractivity contribution in [1.29, 1.82) is 0 Å². The third kappa shape index (κ3) is 2.71. The van der Waals surface area contributed by atoms with Gasteiger partial charge in [0, 0.05) is 17.0 Å². The second-order valence-corrected chi connectivity index (χ2v) is 2.80. The Balaban J connectivity index is 2.94. The molecule has 0 unspecified atom stereocenters. The van der Waals surface area contributed by atoms with E-state index < -0.39 is 11.6 Å². The molecule has 1 aromatic carbocycles. The van der Waals surface area contributed by atoms with Gasteiger partial charge in [0.05, 0.1) is 7.11 Å². The van der Waals surface area contributed by atoms with Crippen molar-refractivity contribution >= 4 is 6.08 Å². The quantitative estimate of drug-likeness (QED) is 0.440. The molecule has 4 nitrogen and oxygen atoms in total. The molecule has 0 heterocycles. The third-order valence-electron chi connectivity index (χ3n) is 1.84. The highest BCUT2D eigenvalue weighted by atomic mass is 19.2. The van der Waals surface area contributed by atoms with Gasteiger partial charge < -0.3 is 4.74 Å². The van der Waals surface area contributed by atoms with Crippen LogP contribution in [0, 0.1) is 11.6 Å². The van der Waals surface area contributed by atoms with Gasteiger partial charge in [-0.15, -0.1) is 0 Å². The molecule has 1 aromatic rings. The number of ether oxygens (including phenoxy) is 1. The standard InChI is InChI=1S/C10H9F2N3O/c1-16-8-5-4-7(9(11)10(8)12)3-2-6-14-15-13/h2-5H,6H2,1H3. The fourth-order valence-corrected chi connectivity index (χ4v) is 1.10. The van der Waals surface area contributed by atoms with Gasteiger partial charge in [0.15, 0.2) is 11.6 Å². The molecule has 0 saturated carbocycles. The van der Waals surface area contributed by atoms with Crippen molar-refractivity contribution in [3.05, 3.63) is 45.8 Å². The maximum Gasteiger partial charge on any atom is 0.201 e. The molecule has 0 atom stereocenters. The van der Waals surface area contributed by atoms with Gasteiger partial charge in [-0.25, -0.2) is 4.39 Å². The van der Waals surface area contributed by atoms with Crippen LogP contribution in [0.1, 0.15) is 5.56 Å². The van der Waals surface area contributed by atoms with Gasteiger partial charge in [0.2, 0.25) is 5.82 Å². The molecule has 0 saturated heterocycles. The van der Waals surface area contributed by atoms with Crippen molar-refractivity contribution in [2.75, 3.05) is 13.7 Å². The zero-order chi connectivity index (χ0) is 12.0. The van der Waals surface area contributed by atoms with Crippen LogP contribution in [0.4, 0.5) is 8.78 Å². The second kappa shape index (κ2) is 5.72. The summed E-state index contributed by atoms with van der Waals surface area (Å²) in [5.41, 5.74) is 8.08. The van der Waals surface area contributed by atoms with Crippen LogP contribution in [-0.2, 0) is 0 Å². The molecule has 1 rings (SSSR count). The van der Waals surface area contributed by atoms with E-state index in [1.807, 2.05) is 0 Å². The summed E-state index contributed by atoms with van der Waals surface area (Å²) in [6.45, 7) is 0.0869. The highest BCUT2D eigenvalue weighted by Gasteiger charge is 2.11. The van der Waals surface area contributed by atoms with Crippen LogP contribution in [-0.4, -0.2) is 13.7 Å². The molecule has 6 heteroatoms. The fourth-order valence-electron chi connectivity index (χ4n) is 1.10. The minimum Gasteiger partial charge on any atom is -0.494 e. The van der Waals surface area contributed by atoms with E-state index in [0.29, 0.717) is 0 Å². The second-order valence-electron chi connectivity index (χ2n) is 2.80. The van der Waals surface area contributed by atoms with E-state index in [1.165, 1.54) is 31.4 Å². The van der Waals surface area contributed by atoms with Crippen LogP contribution in [0.25, 0.3) is 16.5 Å². The number of nitrogens with zero attached hydrogens (tertiary/aromatic N) is 3. The number of rotatable bonds is 4. The number of hydrogen-bond donors (Lipinski definition) is 0. The number of azide groups is 1. The minimum atomic E-state index is -1.03. The molecule has 0 fully saturated rings. The summed E-state index contributed by atoms with van der Waals surface area (Å²) in [6, 6.07) is 2.70. The van der Waals surface area contributed by atoms with Crippen molar-refractivity contribution < 1.29 is 13.5 Å². The summed E-state index contributed by atoms with van der Waals surface area (Å²) in [6.07, 6.45) is 2.77.